The van der Waals surface area contributed by atoms with E-state index < -0.39 is 18.1 Å². The minimum atomic E-state index is -0.886. The van der Waals surface area contributed by atoms with Crippen molar-refractivity contribution in [1.29, 1.82) is 0 Å². The molecule has 0 fully saturated rings. The molecule has 2 nitrogen and oxygen atoms in total. The predicted octanol–water partition coefficient (Wildman–Crippen LogP) is 2.61. The molecule has 0 heterocycles. The first kappa shape index (κ1) is 11.1. The zero-order valence-corrected chi connectivity index (χ0v) is 9.08. The van der Waals surface area contributed by atoms with Crippen LogP contribution in [0.25, 0.3) is 0 Å². The van der Waals surface area contributed by atoms with Gasteiger partial charge in [0.15, 0.2) is 0 Å². The third-order valence-corrected chi connectivity index (χ3v) is 3.55. The van der Waals surface area contributed by atoms with Crippen molar-refractivity contribution in [3.63, 3.8) is 0 Å². The van der Waals surface area contributed by atoms with Gasteiger partial charge in [-0.05, 0) is 36.8 Å². The van der Waals surface area contributed by atoms with Crippen LogP contribution >= 0.6 is 0 Å². The molecule has 1 aromatic carbocycles. The van der Waals surface area contributed by atoms with Crippen LogP contribution in [0.2, 0.25) is 0 Å². The zero-order valence-electron chi connectivity index (χ0n) is 9.08. The predicted molar refractivity (Wildman–Crippen MR) is 59.1 cm³/mol. The fourth-order valence-corrected chi connectivity index (χ4v) is 2.48. The fraction of sp³-hybridized carbons (Fsp3) is 0.462. The van der Waals surface area contributed by atoms with Crippen molar-refractivity contribution >= 4 is 5.97 Å². The van der Waals surface area contributed by atoms with Crippen molar-refractivity contribution < 1.29 is 14.3 Å². The van der Waals surface area contributed by atoms with Crippen LogP contribution < -0.4 is 0 Å². The molecule has 0 radical (unpaired) electrons. The first-order valence-electron chi connectivity index (χ1n) is 5.54. The second kappa shape index (κ2) is 4.24. The third kappa shape index (κ3) is 1.82. The van der Waals surface area contributed by atoms with Gasteiger partial charge < -0.3 is 5.11 Å². The average molecular weight is 222 g/mol. The van der Waals surface area contributed by atoms with Crippen molar-refractivity contribution in [3.8, 4) is 0 Å². The number of aliphatic carboxylic acids is 1. The summed E-state index contributed by atoms with van der Waals surface area (Å²) < 4.78 is 12.5. The number of hydrogen-bond acceptors (Lipinski definition) is 1. The second-order valence-electron chi connectivity index (χ2n) is 4.47. The van der Waals surface area contributed by atoms with Crippen LogP contribution in [-0.2, 0) is 17.6 Å². The van der Waals surface area contributed by atoms with Crippen molar-refractivity contribution in [2.45, 2.75) is 25.7 Å². The maximum atomic E-state index is 12.5. The summed E-state index contributed by atoms with van der Waals surface area (Å²) in [6, 6.07) is 7.84. The van der Waals surface area contributed by atoms with E-state index >= 15 is 0 Å². The SMILES string of the molecule is O=C(O)C1(CCF)CCc2ccccc2C1. The lowest BCUT2D eigenvalue weighted by atomic mass is 9.70. The first-order valence-corrected chi connectivity index (χ1v) is 5.54. The largest absolute Gasteiger partial charge is 0.481 e. The summed E-state index contributed by atoms with van der Waals surface area (Å²) in [6.45, 7) is -0.561. The lowest BCUT2D eigenvalue weighted by Gasteiger charge is -2.33. The Morgan fingerprint density at radius 2 is 2.06 bits per heavy atom. The zero-order chi connectivity index (χ0) is 11.6. The summed E-state index contributed by atoms with van der Waals surface area (Å²) in [6.07, 6.45) is 1.87. The van der Waals surface area contributed by atoms with E-state index in [9.17, 15) is 14.3 Å². The van der Waals surface area contributed by atoms with Gasteiger partial charge in [0.25, 0.3) is 0 Å². The van der Waals surface area contributed by atoms with Crippen LogP contribution in [-0.4, -0.2) is 17.8 Å². The smallest absolute Gasteiger partial charge is 0.310 e. The van der Waals surface area contributed by atoms with Crippen LogP contribution in [0.15, 0.2) is 24.3 Å². The highest BCUT2D eigenvalue weighted by molar-refractivity contribution is 5.75. The molecular weight excluding hydrogens is 207 g/mol. The molecule has 3 heteroatoms. The fourth-order valence-electron chi connectivity index (χ4n) is 2.48. The molecule has 0 amide bonds. The van der Waals surface area contributed by atoms with Gasteiger partial charge in [0.2, 0.25) is 0 Å². The third-order valence-electron chi connectivity index (χ3n) is 3.55. The normalized spacial score (nSPS) is 23.8. The van der Waals surface area contributed by atoms with Crippen LogP contribution in [0.4, 0.5) is 4.39 Å². The minimum absolute atomic E-state index is 0.122. The highest BCUT2D eigenvalue weighted by atomic mass is 19.1. The summed E-state index contributed by atoms with van der Waals surface area (Å²) in [7, 11) is 0. The lowest BCUT2D eigenvalue weighted by Crippen LogP contribution is -2.37. The number of carboxylic acid groups (broad SMARTS) is 1. The van der Waals surface area contributed by atoms with Crippen LogP contribution in [0.5, 0.6) is 0 Å². The van der Waals surface area contributed by atoms with Crippen LogP contribution in [0.1, 0.15) is 24.0 Å². The average Bonchev–Trinajstić information content (AvgIpc) is 2.29. The summed E-state index contributed by atoms with van der Waals surface area (Å²) >= 11 is 0. The van der Waals surface area contributed by atoms with Crippen LogP contribution in [0, 0.1) is 5.41 Å². The van der Waals surface area contributed by atoms with Gasteiger partial charge in [-0.2, -0.15) is 0 Å². The van der Waals surface area contributed by atoms with E-state index in [2.05, 4.69) is 0 Å². The van der Waals surface area contributed by atoms with Gasteiger partial charge >= 0.3 is 5.97 Å². The van der Waals surface area contributed by atoms with Crippen molar-refractivity contribution in [2.24, 2.45) is 5.41 Å². The molecule has 1 N–H and O–H groups in total. The standard InChI is InChI=1S/C13H15FO2/c14-8-7-13(12(15)16)6-5-10-3-1-2-4-11(10)9-13/h1-4H,5-9H2,(H,15,16). The van der Waals surface area contributed by atoms with Gasteiger partial charge in [-0.3, -0.25) is 9.18 Å². The molecule has 2 rings (SSSR count). The Morgan fingerprint density at radius 1 is 1.38 bits per heavy atom. The molecule has 0 bridgehead atoms. The molecule has 0 aliphatic heterocycles. The Labute approximate surface area is 94.1 Å². The highest BCUT2D eigenvalue weighted by Crippen LogP contribution is 2.38. The Kier molecular flexibility index (Phi) is 2.95. The van der Waals surface area contributed by atoms with Gasteiger partial charge in [0.05, 0.1) is 12.1 Å². The minimum Gasteiger partial charge on any atom is -0.481 e. The Morgan fingerprint density at radius 3 is 2.69 bits per heavy atom. The number of hydrogen-bond donors (Lipinski definition) is 1. The summed E-state index contributed by atoms with van der Waals surface area (Å²) in [5.41, 5.74) is 1.38. The molecular formula is C13H15FO2. The number of halogens is 1. The quantitative estimate of drug-likeness (QED) is 0.853. The molecule has 1 unspecified atom stereocenters. The van der Waals surface area contributed by atoms with Gasteiger partial charge in [0, 0.05) is 0 Å². The number of carbonyl (C=O) groups is 1. The van der Waals surface area contributed by atoms with Gasteiger partial charge in [-0.15, -0.1) is 0 Å². The molecule has 1 aromatic rings. The first-order chi connectivity index (χ1) is 7.68. The lowest BCUT2D eigenvalue weighted by molar-refractivity contribution is -0.150. The molecule has 1 atom stereocenters. The monoisotopic (exact) mass is 222 g/mol. The summed E-state index contributed by atoms with van der Waals surface area (Å²) in [5, 5.41) is 9.28. The number of aryl methyl sites for hydroxylation is 1. The molecule has 0 saturated heterocycles. The molecule has 1 aliphatic rings. The molecule has 0 spiro atoms. The topological polar surface area (TPSA) is 37.3 Å². The maximum Gasteiger partial charge on any atom is 0.310 e. The van der Waals surface area contributed by atoms with E-state index in [1.807, 2.05) is 24.3 Å². The van der Waals surface area contributed by atoms with E-state index in [-0.39, 0.29) is 6.42 Å². The molecule has 86 valence electrons. The van der Waals surface area contributed by atoms with Crippen molar-refractivity contribution in [2.75, 3.05) is 6.67 Å². The van der Waals surface area contributed by atoms with E-state index in [1.165, 1.54) is 5.56 Å². The van der Waals surface area contributed by atoms with Crippen molar-refractivity contribution in [3.05, 3.63) is 35.4 Å². The summed E-state index contributed by atoms with van der Waals surface area (Å²) in [5.74, 6) is -0.861. The Balaban J connectivity index is 2.31. The molecule has 0 saturated carbocycles. The number of rotatable bonds is 3. The van der Waals surface area contributed by atoms with E-state index in [0.717, 1.165) is 12.0 Å². The second-order valence-corrected chi connectivity index (χ2v) is 4.47. The van der Waals surface area contributed by atoms with Crippen molar-refractivity contribution in [1.82, 2.24) is 0 Å². The van der Waals surface area contributed by atoms with E-state index in [4.69, 9.17) is 0 Å². The highest BCUT2D eigenvalue weighted by Gasteiger charge is 2.40. The molecule has 0 aromatic heterocycles. The van der Waals surface area contributed by atoms with E-state index in [1.54, 1.807) is 0 Å². The van der Waals surface area contributed by atoms with E-state index in [0.29, 0.717) is 12.8 Å². The number of benzene rings is 1. The Bertz CT molecular complexity index is 403. The molecule has 16 heavy (non-hydrogen) atoms. The number of alkyl halides is 1. The van der Waals surface area contributed by atoms with Crippen LogP contribution in [0.3, 0.4) is 0 Å². The molecule has 1 aliphatic carbocycles. The maximum absolute atomic E-state index is 12.5. The van der Waals surface area contributed by atoms with Gasteiger partial charge in [-0.1, -0.05) is 24.3 Å². The van der Waals surface area contributed by atoms with Gasteiger partial charge in [-0.25, -0.2) is 0 Å². The summed E-state index contributed by atoms with van der Waals surface area (Å²) in [4.78, 5) is 11.3. The Hall–Kier alpha value is -1.38. The number of fused-ring (bicyclic) bond motifs is 1. The van der Waals surface area contributed by atoms with Gasteiger partial charge in [0.1, 0.15) is 0 Å². The number of carboxylic acids is 1.